The van der Waals surface area contributed by atoms with Crippen molar-refractivity contribution in [1.82, 2.24) is 4.98 Å². The van der Waals surface area contributed by atoms with Crippen LogP contribution in [-0.2, 0) is 30.2 Å². The summed E-state index contributed by atoms with van der Waals surface area (Å²) in [5.74, 6) is -0.785. The first-order valence-corrected chi connectivity index (χ1v) is 17.5. The number of ether oxygens (including phenoxy) is 6. The Labute approximate surface area is 322 Å². The summed E-state index contributed by atoms with van der Waals surface area (Å²) in [7, 11) is 0. The Kier molecular flexibility index (Phi) is 14.9. The molecule has 0 spiro atoms. The minimum atomic E-state index is -0.610. The van der Waals surface area contributed by atoms with Crippen molar-refractivity contribution in [3.05, 3.63) is 139 Å². The van der Waals surface area contributed by atoms with Gasteiger partial charge in [-0.15, -0.1) is 0 Å². The van der Waals surface area contributed by atoms with Gasteiger partial charge in [-0.1, -0.05) is 31.4 Å². The summed E-state index contributed by atoms with van der Waals surface area (Å²) in [6.07, 6.45) is 5.00. The number of fused-ring (bicyclic) bond motifs is 1. The maximum absolute atomic E-state index is 13.2. The largest absolute Gasteiger partial charge is 0.493 e. The predicted octanol–water partition coefficient (Wildman–Crippen LogP) is 6.89. The Morgan fingerprint density at radius 1 is 0.696 bits per heavy atom. The van der Waals surface area contributed by atoms with Crippen LogP contribution in [0, 0.1) is 0 Å². The summed E-state index contributed by atoms with van der Waals surface area (Å²) in [5.41, 5.74) is 5.89. The minimum Gasteiger partial charge on any atom is -0.493 e. The fourth-order valence-electron chi connectivity index (χ4n) is 4.86. The van der Waals surface area contributed by atoms with Gasteiger partial charge < -0.3 is 32.8 Å². The van der Waals surface area contributed by atoms with Crippen molar-refractivity contribution >= 4 is 47.2 Å². The average Bonchev–Trinajstić information content (AvgIpc) is 3.64. The number of rotatable bonds is 21. The number of hydrogen-bond acceptors (Lipinski definition) is 14. The van der Waals surface area contributed by atoms with E-state index in [2.05, 4.69) is 28.7 Å². The molecular weight excluding hydrogens is 722 g/mol. The number of carbonyl (C=O) groups excluding carboxylic acids is 4. The Morgan fingerprint density at radius 2 is 1.30 bits per heavy atom. The number of hydrazone groups is 1. The molecule has 14 heteroatoms. The molecule has 0 bridgehead atoms. The summed E-state index contributed by atoms with van der Waals surface area (Å²) < 4.78 is 38.1. The smallest absolute Gasteiger partial charge is 0.343 e. The van der Waals surface area contributed by atoms with Crippen molar-refractivity contribution in [2.45, 2.75) is 19.3 Å². The summed E-state index contributed by atoms with van der Waals surface area (Å²) in [6, 6.07) is 25.6. The summed E-state index contributed by atoms with van der Waals surface area (Å²) in [5, 5.41) is 4.26. The molecule has 14 nitrogen and oxygen atoms in total. The fraction of sp³-hybridized carbons (Fsp3) is 0.190. The van der Waals surface area contributed by atoms with E-state index in [9.17, 15) is 19.2 Å². The highest BCUT2D eigenvalue weighted by Gasteiger charge is 2.14. The first kappa shape index (κ1) is 40.0. The Balaban J connectivity index is 1.17. The molecule has 0 saturated heterocycles. The molecule has 5 aromatic rings. The van der Waals surface area contributed by atoms with Gasteiger partial charge in [-0.25, -0.2) is 24.6 Å². The lowest BCUT2D eigenvalue weighted by atomic mass is 10.1. The third-order valence-corrected chi connectivity index (χ3v) is 7.68. The van der Waals surface area contributed by atoms with Gasteiger partial charge in [0.1, 0.15) is 22.8 Å². The minimum absolute atomic E-state index is 0.0752. The number of hydrogen-bond donors (Lipinski definition) is 1. The quantitative estimate of drug-likeness (QED) is 0.0156. The predicted molar refractivity (Wildman–Crippen MR) is 206 cm³/mol. The van der Waals surface area contributed by atoms with E-state index in [-0.39, 0.29) is 37.1 Å². The summed E-state index contributed by atoms with van der Waals surface area (Å²) >= 11 is 0. The molecule has 0 aliphatic heterocycles. The van der Waals surface area contributed by atoms with Gasteiger partial charge in [0.2, 0.25) is 0 Å². The van der Waals surface area contributed by atoms with Crippen molar-refractivity contribution in [1.29, 1.82) is 0 Å². The molecule has 4 aromatic carbocycles. The van der Waals surface area contributed by atoms with Crippen LogP contribution in [0.25, 0.3) is 11.1 Å². The number of nitrogens with zero attached hydrogens (tertiary/aromatic N) is 2. The molecule has 1 heterocycles. The first-order chi connectivity index (χ1) is 27.3. The zero-order valence-electron chi connectivity index (χ0n) is 30.3. The van der Waals surface area contributed by atoms with Gasteiger partial charge in [0.25, 0.3) is 0 Å². The van der Waals surface area contributed by atoms with Crippen LogP contribution in [0.3, 0.4) is 0 Å². The third kappa shape index (κ3) is 12.4. The highest BCUT2D eigenvalue weighted by molar-refractivity contribution is 5.93. The normalized spacial score (nSPS) is 10.7. The van der Waals surface area contributed by atoms with Crippen molar-refractivity contribution in [2.75, 3.05) is 38.5 Å². The molecular formula is C42H39N3O11. The topological polar surface area (TPSA) is 174 Å². The SMILES string of the molecule is C=CC(=O)OCCCOc1ccc(C(=O)OCCc2ccc(OC(=O)c3ccc(OCCCOC(=O)C=C)cc3)c(/C=N/Nc3nc4ccccc4o3)c2)cc1. The van der Waals surface area contributed by atoms with Gasteiger partial charge in [-0.2, -0.15) is 10.1 Å². The van der Waals surface area contributed by atoms with Gasteiger partial charge in [0.05, 0.1) is 50.4 Å². The van der Waals surface area contributed by atoms with Crippen LogP contribution in [0.15, 0.2) is 126 Å². The van der Waals surface area contributed by atoms with Crippen LogP contribution in [0.2, 0.25) is 0 Å². The highest BCUT2D eigenvalue weighted by Crippen LogP contribution is 2.23. The lowest BCUT2D eigenvalue weighted by Gasteiger charge is -2.11. The van der Waals surface area contributed by atoms with Crippen LogP contribution in [0.5, 0.6) is 17.2 Å². The van der Waals surface area contributed by atoms with E-state index in [4.69, 9.17) is 32.8 Å². The summed E-state index contributed by atoms with van der Waals surface area (Å²) in [6.45, 7) is 7.81. The van der Waals surface area contributed by atoms with Gasteiger partial charge in [-0.05, 0) is 78.4 Å². The molecule has 0 fully saturated rings. The molecule has 1 aromatic heterocycles. The average molecular weight is 762 g/mol. The van der Waals surface area contributed by atoms with Crippen molar-refractivity contribution in [3.8, 4) is 17.2 Å². The molecule has 0 radical (unpaired) electrons. The Bertz CT molecular complexity index is 2130. The van der Waals surface area contributed by atoms with E-state index in [1.807, 2.05) is 18.2 Å². The number of oxazole rings is 1. The Morgan fingerprint density at radius 3 is 1.91 bits per heavy atom. The zero-order valence-corrected chi connectivity index (χ0v) is 30.3. The number of aromatic nitrogens is 1. The molecule has 0 aliphatic rings. The van der Waals surface area contributed by atoms with Gasteiger partial charge >= 0.3 is 29.9 Å². The van der Waals surface area contributed by atoms with E-state index < -0.39 is 23.9 Å². The molecule has 0 aliphatic carbocycles. The number of para-hydroxylation sites is 2. The number of benzene rings is 4. The van der Waals surface area contributed by atoms with Gasteiger partial charge in [-0.3, -0.25) is 0 Å². The highest BCUT2D eigenvalue weighted by atomic mass is 16.5. The van der Waals surface area contributed by atoms with Gasteiger partial charge in [0.15, 0.2) is 5.58 Å². The molecule has 0 amide bonds. The monoisotopic (exact) mass is 761 g/mol. The lowest BCUT2D eigenvalue weighted by molar-refractivity contribution is -0.138. The maximum atomic E-state index is 13.2. The van der Waals surface area contributed by atoms with Crippen LogP contribution in [0.1, 0.15) is 44.7 Å². The summed E-state index contributed by atoms with van der Waals surface area (Å²) in [4.78, 5) is 52.5. The van der Waals surface area contributed by atoms with E-state index >= 15 is 0 Å². The van der Waals surface area contributed by atoms with E-state index in [0.717, 1.165) is 17.7 Å². The third-order valence-electron chi connectivity index (χ3n) is 7.68. The van der Waals surface area contributed by atoms with Crippen LogP contribution >= 0.6 is 0 Å². The molecule has 5 rings (SSSR count). The fourth-order valence-corrected chi connectivity index (χ4v) is 4.86. The van der Waals surface area contributed by atoms with Gasteiger partial charge in [0, 0.05) is 37.0 Å². The number of carbonyl (C=O) groups is 4. The van der Waals surface area contributed by atoms with Crippen LogP contribution in [-0.4, -0.2) is 68.1 Å². The number of anilines is 1. The molecule has 0 atom stereocenters. The second-order valence-corrected chi connectivity index (χ2v) is 11.7. The molecule has 1 N–H and O–H groups in total. The Hall–Kier alpha value is -7.22. The second-order valence-electron chi connectivity index (χ2n) is 11.7. The van der Waals surface area contributed by atoms with E-state index in [1.165, 1.54) is 6.21 Å². The van der Waals surface area contributed by atoms with Crippen molar-refractivity contribution in [2.24, 2.45) is 5.10 Å². The second kappa shape index (κ2) is 20.9. The van der Waals surface area contributed by atoms with E-state index in [0.29, 0.717) is 66.2 Å². The first-order valence-electron chi connectivity index (χ1n) is 17.5. The lowest BCUT2D eigenvalue weighted by Crippen LogP contribution is -2.11. The standard InChI is InChI=1S/C42H39N3O11/c1-3-38(46)52-24-7-22-50-33-16-12-30(13-17-33)40(48)54-26-21-29-11-20-36(32(27-29)28-43-45-42-44-35-9-5-6-10-37(35)56-42)55-41(49)31-14-18-34(19-15-31)51-23-8-25-53-39(47)4-2/h3-6,9-20,27-28H,1-2,7-8,21-26H2,(H,44,45)/b43-28+. The molecule has 56 heavy (non-hydrogen) atoms. The number of esters is 4. The van der Waals surface area contributed by atoms with Crippen molar-refractivity contribution in [3.63, 3.8) is 0 Å². The zero-order chi connectivity index (χ0) is 39.5. The van der Waals surface area contributed by atoms with Crippen molar-refractivity contribution < 1.29 is 52.0 Å². The number of nitrogens with one attached hydrogen (secondary N) is 1. The van der Waals surface area contributed by atoms with Crippen LogP contribution in [0.4, 0.5) is 6.01 Å². The van der Waals surface area contributed by atoms with Crippen LogP contribution < -0.4 is 19.6 Å². The maximum Gasteiger partial charge on any atom is 0.343 e. The molecule has 0 saturated carbocycles. The molecule has 288 valence electrons. The van der Waals surface area contributed by atoms with E-state index in [1.54, 1.807) is 72.8 Å². The molecule has 0 unspecified atom stereocenters.